The van der Waals surface area contributed by atoms with E-state index in [4.69, 9.17) is 4.74 Å². The first-order valence-corrected chi connectivity index (χ1v) is 5.56. The number of carbonyl (C=O) groups excluding carboxylic acids is 2. The molecule has 1 aliphatic rings. The Labute approximate surface area is 101 Å². The first-order chi connectivity index (χ1) is 8.19. The summed E-state index contributed by atoms with van der Waals surface area (Å²) < 4.78 is 9.76. The molecule has 0 aromatic rings. The van der Waals surface area contributed by atoms with Crippen molar-refractivity contribution < 1.29 is 19.1 Å². The maximum absolute atomic E-state index is 11.7. The Hall–Kier alpha value is -1.56. The Bertz CT molecular complexity index is 304. The summed E-state index contributed by atoms with van der Waals surface area (Å²) in [6.07, 6.45) is 2.88. The van der Waals surface area contributed by atoms with Crippen molar-refractivity contribution in [3.63, 3.8) is 0 Å². The average Bonchev–Trinajstić information content (AvgIpc) is 2.36. The molecule has 1 saturated heterocycles. The molecular formula is C11H18N2O4. The lowest BCUT2D eigenvalue weighted by molar-refractivity contribution is -0.135. The normalized spacial score (nSPS) is 20.4. The van der Waals surface area contributed by atoms with Gasteiger partial charge in [0.2, 0.25) is 5.91 Å². The van der Waals surface area contributed by atoms with Gasteiger partial charge in [-0.3, -0.25) is 4.79 Å². The van der Waals surface area contributed by atoms with Crippen molar-refractivity contribution in [1.29, 1.82) is 0 Å². The Morgan fingerprint density at radius 2 is 2.35 bits per heavy atom. The molecule has 6 nitrogen and oxygen atoms in total. The van der Waals surface area contributed by atoms with E-state index in [1.165, 1.54) is 13.2 Å². The number of nitrogens with zero attached hydrogens (tertiary/aromatic N) is 1. The predicted molar refractivity (Wildman–Crippen MR) is 61.2 cm³/mol. The number of likely N-dealkylation sites (N-methyl/N-ethyl adjacent to an activating group) is 1. The van der Waals surface area contributed by atoms with Crippen LogP contribution < -0.4 is 5.32 Å². The Kier molecular flexibility index (Phi) is 5.48. The highest BCUT2D eigenvalue weighted by Gasteiger charge is 2.26. The molecule has 0 spiro atoms. The van der Waals surface area contributed by atoms with E-state index in [-0.39, 0.29) is 11.9 Å². The number of hydrogen-bond donors (Lipinski definition) is 1. The van der Waals surface area contributed by atoms with Crippen molar-refractivity contribution in [3.05, 3.63) is 12.3 Å². The molecular weight excluding hydrogens is 224 g/mol. The van der Waals surface area contributed by atoms with Gasteiger partial charge in [-0.15, -0.1) is 0 Å². The summed E-state index contributed by atoms with van der Waals surface area (Å²) in [5.41, 5.74) is 0. The number of amides is 1. The number of esters is 1. The molecule has 0 aromatic heterocycles. The molecule has 1 rings (SSSR count). The third kappa shape index (κ3) is 4.07. The van der Waals surface area contributed by atoms with Crippen LogP contribution in [-0.4, -0.2) is 56.2 Å². The zero-order chi connectivity index (χ0) is 12.7. The Morgan fingerprint density at radius 3 is 3.00 bits per heavy atom. The maximum Gasteiger partial charge on any atom is 0.331 e. The van der Waals surface area contributed by atoms with E-state index in [2.05, 4.69) is 10.1 Å². The van der Waals surface area contributed by atoms with Crippen LogP contribution in [0.25, 0.3) is 0 Å². The van der Waals surface area contributed by atoms with E-state index in [9.17, 15) is 9.59 Å². The molecule has 0 aliphatic carbocycles. The maximum atomic E-state index is 11.7. The molecule has 0 saturated carbocycles. The van der Waals surface area contributed by atoms with Crippen LogP contribution in [0.1, 0.15) is 6.92 Å². The molecule has 1 heterocycles. The first kappa shape index (κ1) is 13.5. The molecule has 0 bridgehead atoms. The minimum absolute atomic E-state index is 0.0956. The van der Waals surface area contributed by atoms with Gasteiger partial charge in [-0.05, 0) is 6.92 Å². The molecule has 1 unspecified atom stereocenters. The standard InChI is InChI=1S/C11H18N2O4/c1-3-12-11(15)9-8-17-7-6-13(9)5-4-10(14)16-2/h4-5,9H,3,6-8H2,1-2H3,(H,12,15)/b5-4+. The van der Waals surface area contributed by atoms with Crippen molar-refractivity contribution in [1.82, 2.24) is 10.2 Å². The Morgan fingerprint density at radius 1 is 1.59 bits per heavy atom. The summed E-state index contributed by atoms with van der Waals surface area (Å²) in [6, 6.07) is -0.385. The van der Waals surface area contributed by atoms with E-state index >= 15 is 0 Å². The smallest absolute Gasteiger partial charge is 0.331 e. The van der Waals surface area contributed by atoms with Crippen LogP contribution in [0.2, 0.25) is 0 Å². The van der Waals surface area contributed by atoms with Gasteiger partial charge in [-0.2, -0.15) is 0 Å². The third-order valence-corrected chi connectivity index (χ3v) is 2.43. The molecule has 1 aliphatic heterocycles. The number of ether oxygens (including phenoxy) is 2. The van der Waals surface area contributed by atoms with Crippen molar-refractivity contribution >= 4 is 11.9 Å². The van der Waals surface area contributed by atoms with Gasteiger partial charge in [-0.25, -0.2) is 4.79 Å². The van der Waals surface area contributed by atoms with E-state index < -0.39 is 5.97 Å². The molecule has 17 heavy (non-hydrogen) atoms. The quantitative estimate of drug-likeness (QED) is 0.532. The summed E-state index contributed by atoms with van der Waals surface area (Å²) >= 11 is 0. The van der Waals surface area contributed by atoms with Crippen LogP contribution in [0.4, 0.5) is 0 Å². The average molecular weight is 242 g/mol. The van der Waals surface area contributed by atoms with E-state index in [1.807, 2.05) is 6.92 Å². The van der Waals surface area contributed by atoms with Crippen molar-refractivity contribution in [2.75, 3.05) is 33.4 Å². The number of hydrogen-bond acceptors (Lipinski definition) is 5. The number of methoxy groups -OCH3 is 1. The SMILES string of the molecule is CCNC(=O)C1COCCN1/C=C/C(=O)OC. The minimum Gasteiger partial charge on any atom is -0.466 e. The van der Waals surface area contributed by atoms with Crippen LogP contribution >= 0.6 is 0 Å². The van der Waals surface area contributed by atoms with Crippen molar-refractivity contribution in [2.45, 2.75) is 13.0 Å². The van der Waals surface area contributed by atoms with Crippen LogP contribution in [0, 0.1) is 0 Å². The van der Waals surface area contributed by atoms with Gasteiger partial charge in [0.25, 0.3) is 0 Å². The number of nitrogens with one attached hydrogen (secondary N) is 1. The summed E-state index contributed by atoms with van der Waals surface area (Å²) in [5.74, 6) is -0.534. The molecule has 0 aromatic carbocycles. The van der Waals surface area contributed by atoms with E-state index in [0.717, 1.165) is 0 Å². The van der Waals surface area contributed by atoms with Gasteiger partial charge in [0.1, 0.15) is 6.04 Å². The lowest BCUT2D eigenvalue weighted by Gasteiger charge is -2.33. The third-order valence-electron chi connectivity index (χ3n) is 2.43. The molecule has 0 radical (unpaired) electrons. The van der Waals surface area contributed by atoms with Gasteiger partial charge in [0.15, 0.2) is 0 Å². The molecule has 1 fully saturated rings. The second-order valence-corrected chi connectivity index (χ2v) is 3.56. The molecule has 6 heteroatoms. The second kappa shape index (κ2) is 6.90. The van der Waals surface area contributed by atoms with Gasteiger partial charge in [0.05, 0.1) is 20.3 Å². The zero-order valence-corrected chi connectivity index (χ0v) is 10.1. The van der Waals surface area contributed by atoms with Gasteiger partial charge < -0.3 is 19.7 Å². The lowest BCUT2D eigenvalue weighted by Crippen LogP contribution is -2.51. The fraction of sp³-hybridized carbons (Fsp3) is 0.636. The summed E-state index contributed by atoms with van der Waals surface area (Å²) in [6.45, 7) is 3.88. The molecule has 1 N–H and O–H groups in total. The van der Waals surface area contributed by atoms with Crippen molar-refractivity contribution in [2.24, 2.45) is 0 Å². The second-order valence-electron chi connectivity index (χ2n) is 3.56. The van der Waals surface area contributed by atoms with Crippen LogP contribution in [0.3, 0.4) is 0 Å². The zero-order valence-electron chi connectivity index (χ0n) is 10.1. The fourth-order valence-corrected chi connectivity index (χ4v) is 1.54. The highest BCUT2D eigenvalue weighted by atomic mass is 16.5. The van der Waals surface area contributed by atoms with E-state index in [1.54, 1.807) is 11.1 Å². The molecule has 96 valence electrons. The monoisotopic (exact) mass is 242 g/mol. The largest absolute Gasteiger partial charge is 0.466 e. The van der Waals surface area contributed by atoms with E-state index in [0.29, 0.717) is 26.3 Å². The molecule has 1 amide bonds. The van der Waals surface area contributed by atoms with Crippen LogP contribution in [-0.2, 0) is 19.1 Å². The highest BCUT2D eigenvalue weighted by molar-refractivity contribution is 5.83. The van der Waals surface area contributed by atoms with Gasteiger partial charge in [-0.1, -0.05) is 0 Å². The van der Waals surface area contributed by atoms with Crippen LogP contribution in [0.15, 0.2) is 12.3 Å². The predicted octanol–water partition coefficient (Wildman–Crippen LogP) is -0.490. The summed E-state index contributed by atoms with van der Waals surface area (Å²) in [4.78, 5) is 24.5. The first-order valence-electron chi connectivity index (χ1n) is 5.56. The summed E-state index contributed by atoms with van der Waals surface area (Å²) in [5, 5.41) is 2.74. The minimum atomic E-state index is -0.439. The highest BCUT2D eigenvalue weighted by Crippen LogP contribution is 2.07. The van der Waals surface area contributed by atoms with Crippen molar-refractivity contribution in [3.8, 4) is 0 Å². The van der Waals surface area contributed by atoms with Gasteiger partial charge in [0, 0.05) is 25.4 Å². The molecule has 1 atom stereocenters. The van der Waals surface area contributed by atoms with Crippen LogP contribution in [0.5, 0.6) is 0 Å². The number of morpholine rings is 1. The summed E-state index contributed by atoms with van der Waals surface area (Å²) in [7, 11) is 1.31. The van der Waals surface area contributed by atoms with Gasteiger partial charge >= 0.3 is 5.97 Å². The Balaban J connectivity index is 2.62. The fourth-order valence-electron chi connectivity index (χ4n) is 1.54. The lowest BCUT2D eigenvalue weighted by atomic mass is 10.2. The number of carbonyl (C=O) groups is 2. The number of rotatable bonds is 4. The topological polar surface area (TPSA) is 67.9 Å².